The normalized spacial score (nSPS) is 10.1. The van der Waals surface area contributed by atoms with Crippen molar-refractivity contribution in [3.05, 3.63) is 53.6 Å². The van der Waals surface area contributed by atoms with E-state index in [2.05, 4.69) is 10.3 Å². The van der Waals surface area contributed by atoms with E-state index in [0.29, 0.717) is 0 Å². The SMILES string of the molecule is Cc1ccc(NC(=O)c2ccncc2F)c(O)c1. The van der Waals surface area contributed by atoms with Gasteiger partial charge in [0.1, 0.15) is 5.75 Å². The highest BCUT2D eigenvalue weighted by Gasteiger charge is 2.13. The van der Waals surface area contributed by atoms with Crippen LogP contribution in [-0.2, 0) is 0 Å². The minimum Gasteiger partial charge on any atom is -0.506 e. The fourth-order valence-electron chi connectivity index (χ4n) is 1.50. The standard InChI is InChI=1S/C13H11FN2O2/c1-8-2-3-11(12(17)6-8)16-13(18)9-4-5-15-7-10(9)14/h2-7,17H,1H3,(H,16,18). The topological polar surface area (TPSA) is 62.2 Å². The zero-order valence-electron chi connectivity index (χ0n) is 9.64. The summed E-state index contributed by atoms with van der Waals surface area (Å²) in [5, 5.41) is 12.1. The summed E-state index contributed by atoms with van der Waals surface area (Å²) in [5.74, 6) is -1.39. The van der Waals surface area contributed by atoms with Gasteiger partial charge in [0, 0.05) is 6.20 Å². The summed E-state index contributed by atoms with van der Waals surface area (Å²) in [6.07, 6.45) is 2.29. The van der Waals surface area contributed by atoms with Crippen molar-refractivity contribution in [2.75, 3.05) is 5.32 Å². The summed E-state index contributed by atoms with van der Waals surface area (Å²) in [6, 6.07) is 6.08. The number of aromatic nitrogens is 1. The maximum Gasteiger partial charge on any atom is 0.258 e. The van der Waals surface area contributed by atoms with Crippen molar-refractivity contribution in [2.45, 2.75) is 6.92 Å². The lowest BCUT2D eigenvalue weighted by molar-refractivity contribution is 0.102. The van der Waals surface area contributed by atoms with E-state index < -0.39 is 11.7 Å². The van der Waals surface area contributed by atoms with Crippen LogP contribution in [0.5, 0.6) is 5.75 Å². The number of anilines is 1. The Morgan fingerprint density at radius 2 is 2.17 bits per heavy atom. The van der Waals surface area contributed by atoms with E-state index in [9.17, 15) is 14.3 Å². The third-order valence-electron chi connectivity index (χ3n) is 2.42. The predicted molar refractivity (Wildman–Crippen MR) is 65.0 cm³/mol. The van der Waals surface area contributed by atoms with Crippen molar-refractivity contribution in [1.82, 2.24) is 4.98 Å². The first-order valence-corrected chi connectivity index (χ1v) is 5.28. The number of carbonyl (C=O) groups excluding carboxylic acids is 1. The van der Waals surface area contributed by atoms with Gasteiger partial charge in [-0.2, -0.15) is 0 Å². The van der Waals surface area contributed by atoms with Crippen molar-refractivity contribution in [2.24, 2.45) is 0 Å². The van der Waals surface area contributed by atoms with E-state index in [1.54, 1.807) is 12.1 Å². The van der Waals surface area contributed by atoms with Crippen LogP contribution in [0.3, 0.4) is 0 Å². The third-order valence-corrected chi connectivity index (χ3v) is 2.42. The molecule has 2 rings (SSSR count). The molecule has 5 heteroatoms. The zero-order valence-corrected chi connectivity index (χ0v) is 9.64. The lowest BCUT2D eigenvalue weighted by Gasteiger charge is -2.08. The van der Waals surface area contributed by atoms with Gasteiger partial charge in [0.05, 0.1) is 17.4 Å². The van der Waals surface area contributed by atoms with Gasteiger partial charge in [0.25, 0.3) is 5.91 Å². The molecule has 2 N–H and O–H groups in total. The number of hydrogen-bond donors (Lipinski definition) is 2. The molecule has 0 aliphatic carbocycles. The predicted octanol–water partition coefficient (Wildman–Crippen LogP) is 2.49. The Hall–Kier alpha value is -2.43. The Labute approximate surface area is 103 Å². The van der Waals surface area contributed by atoms with Gasteiger partial charge in [-0.15, -0.1) is 0 Å². The first kappa shape index (κ1) is 12.0. The van der Waals surface area contributed by atoms with Crippen LogP contribution in [-0.4, -0.2) is 16.0 Å². The average molecular weight is 246 g/mol. The monoisotopic (exact) mass is 246 g/mol. The lowest BCUT2D eigenvalue weighted by Crippen LogP contribution is -2.14. The molecule has 1 aromatic carbocycles. The Morgan fingerprint density at radius 3 is 2.83 bits per heavy atom. The molecule has 18 heavy (non-hydrogen) atoms. The van der Waals surface area contributed by atoms with Crippen LogP contribution >= 0.6 is 0 Å². The second-order valence-electron chi connectivity index (χ2n) is 3.83. The maximum absolute atomic E-state index is 13.3. The molecule has 0 aliphatic rings. The number of pyridine rings is 1. The molecule has 0 bridgehead atoms. The third kappa shape index (κ3) is 2.45. The molecule has 0 spiro atoms. The van der Waals surface area contributed by atoms with Crippen LogP contribution in [0.4, 0.5) is 10.1 Å². The van der Waals surface area contributed by atoms with E-state index >= 15 is 0 Å². The van der Waals surface area contributed by atoms with Crippen LogP contribution in [0.1, 0.15) is 15.9 Å². The molecule has 92 valence electrons. The zero-order chi connectivity index (χ0) is 13.1. The number of phenolic OH excluding ortho intramolecular Hbond substituents is 1. The molecule has 0 radical (unpaired) electrons. The van der Waals surface area contributed by atoms with Crippen molar-refractivity contribution in [3.63, 3.8) is 0 Å². The second-order valence-corrected chi connectivity index (χ2v) is 3.83. The summed E-state index contributed by atoms with van der Waals surface area (Å²) in [4.78, 5) is 15.3. The molecule has 1 aromatic heterocycles. The Bertz CT molecular complexity index is 599. The number of phenols is 1. The second kappa shape index (κ2) is 4.83. The largest absolute Gasteiger partial charge is 0.506 e. The number of aryl methyl sites for hydroxylation is 1. The minimum absolute atomic E-state index is 0.0576. The summed E-state index contributed by atoms with van der Waals surface area (Å²) < 4.78 is 13.3. The molecule has 2 aromatic rings. The van der Waals surface area contributed by atoms with Gasteiger partial charge in [-0.25, -0.2) is 4.39 Å². The summed E-state index contributed by atoms with van der Waals surface area (Å²) >= 11 is 0. The fourth-order valence-corrected chi connectivity index (χ4v) is 1.50. The number of aromatic hydroxyl groups is 1. The molecular formula is C13H11FN2O2. The van der Waals surface area contributed by atoms with E-state index in [1.807, 2.05) is 6.92 Å². The quantitative estimate of drug-likeness (QED) is 0.800. The van der Waals surface area contributed by atoms with Crippen molar-refractivity contribution in [1.29, 1.82) is 0 Å². The van der Waals surface area contributed by atoms with Crippen LogP contribution in [0.15, 0.2) is 36.7 Å². The smallest absolute Gasteiger partial charge is 0.258 e. The molecule has 0 fully saturated rings. The van der Waals surface area contributed by atoms with Gasteiger partial charge in [0.15, 0.2) is 5.82 Å². The van der Waals surface area contributed by atoms with Crippen LogP contribution < -0.4 is 5.32 Å². The molecule has 1 amide bonds. The Kier molecular flexibility index (Phi) is 3.23. The van der Waals surface area contributed by atoms with Crippen molar-refractivity contribution >= 4 is 11.6 Å². The minimum atomic E-state index is -0.707. The molecule has 0 atom stereocenters. The fraction of sp³-hybridized carbons (Fsp3) is 0.0769. The van der Waals surface area contributed by atoms with Gasteiger partial charge < -0.3 is 10.4 Å². The van der Waals surface area contributed by atoms with Gasteiger partial charge in [-0.05, 0) is 30.7 Å². The van der Waals surface area contributed by atoms with Gasteiger partial charge in [-0.3, -0.25) is 9.78 Å². The van der Waals surface area contributed by atoms with E-state index in [-0.39, 0.29) is 17.0 Å². The van der Waals surface area contributed by atoms with Crippen LogP contribution in [0.2, 0.25) is 0 Å². The Balaban J connectivity index is 2.24. The van der Waals surface area contributed by atoms with Gasteiger partial charge >= 0.3 is 0 Å². The first-order chi connectivity index (χ1) is 8.58. The van der Waals surface area contributed by atoms with E-state index in [0.717, 1.165) is 11.8 Å². The highest BCUT2D eigenvalue weighted by atomic mass is 19.1. The number of halogens is 1. The first-order valence-electron chi connectivity index (χ1n) is 5.28. The maximum atomic E-state index is 13.3. The molecule has 4 nitrogen and oxygen atoms in total. The molecule has 0 saturated carbocycles. The van der Waals surface area contributed by atoms with Crippen LogP contribution in [0.25, 0.3) is 0 Å². The average Bonchev–Trinajstić information content (AvgIpc) is 2.33. The molecule has 1 heterocycles. The molecule has 0 aliphatic heterocycles. The van der Waals surface area contributed by atoms with Crippen LogP contribution in [0, 0.1) is 12.7 Å². The molecule has 0 saturated heterocycles. The molecular weight excluding hydrogens is 235 g/mol. The van der Waals surface area contributed by atoms with Gasteiger partial charge in [0.2, 0.25) is 0 Å². The van der Waals surface area contributed by atoms with Gasteiger partial charge in [-0.1, -0.05) is 6.07 Å². The number of nitrogens with zero attached hydrogens (tertiary/aromatic N) is 1. The van der Waals surface area contributed by atoms with E-state index in [1.165, 1.54) is 18.3 Å². The number of hydrogen-bond acceptors (Lipinski definition) is 3. The highest BCUT2D eigenvalue weighted by Crippen LogP contribution is 2.24. The molecule has 0 unspecified atom stereocenters. The summed E-state index contributed by atoms with van der Waals surface area (Å²) in [6.45, 7) is 1.81. The Morgan fingerprint density at radius 1 is 1.39 bits per heavy atom. The van der Waals surface area contributed by atoms with Crippen molar-refractivity contribution < 1.29 is 14.3 Å². The number of rotatable bonds is 2. The summed E-state index contributed by atoms with van der Waals surface area (Å²) in [7, 11) is 0. The summed E-state index contributed by atoms with van der Waals surface area (Å²) in [5.41, 5.74) is 0.979. The number of carbonyl (C=O) groups is 1. The van der Waals surface area contributed by atoms with Crippen molar-refractivity contribution in [3.8, 4) is 5.75 Å². The number of nitrogens with one attached hydrogen (secondary N) is 1. The lowest BCUT2D eigenvalue weighted by atomic mass is 10.2. The number of benzene rings is 1. The van der Waals surface area contributed by atoms with E-state index in [4.69, 9.17) is 0 Å². The highest BCUT2D eigenvalue weighted by molar-refractivity contribution is 6.05. The number of amides is 1.